The van der Waals surface area contributed by atoms with Gasteiger partial charge in [0, 0.05) is 18.2 Å². The van der Waals surface area contributed by atoms with E-state index in [9.17, 15) is 0 Å². The van der Waals surface area contributed by atoms with Crippen LogP contribution in [0.4, 0.5) is 0 Å². The maximum absolute atomic E-state index is 5.84. The monoisotopic (exact) mass is 247 g/mol. The lowest BCUT2D eigenvalue weighted by atomic mass is 10.1. The highest BCUT2D eigenvalue weighted by Crippen LogP contribution is 2.26. The summed E-state index contributed by atoms with van der Waals surface area (Å²) in [5.41, 5.74) is 1.27. The molecule has 0 heterocycles. The lowest BCUT2D eigenvalue weighted by Gasteiger charge is -2.17. The molecule has 1 aliphatic rings. The minimum atomic E-state index is 0.234. The molecule has 0 saturated heterocycles. The van der Waals surface area contributed by atoms with Gasteiger partial charge in [-0.3, -0.25) is 0 Å². The maximum atomic E-state index is 5.84. The number of hydrogen-bond donors (Lipinski definition) is 1. The average molecular weight is 247 g/mol. The summed E-state index contributed by atoms with van der Waals surface area (Å²) in [6, 6.07) is 9.03. The van der Waals surface area contributed by atoms with Gasteiger partial charge in [-0.1, -0.05) is 25.1 Å². The van der Waals surface area contributed by atoms with Crippen molar-refractivity contribution in [2.45, 2.75) is 58.7 Å². The molecule has 2 unspecified atom stereocenters. The van der Waals surface area contributed by atoms with Crippen molar-refractivity contribution in [3.63, 3.8) is 0 Å². The fourth-order valence-corrected chi connectivity index (χ4v) is 2.67. The van der Waals surface area contributed by atoms with Crippen LogP contribution in [0.5, 0.6) is 5.75 Å². The highest BCUT2D eigenvalue weighted by molar-refractivity contribution is 5.33. The third kappa shape index (κ3) is 3.74. The Balaban J connectivity index is 1.92. The van der Waals surface area contributed by atoms with Crippen molar-refractivity contribution >= 4 is 0 Å². The number of para-hydroxylation sites is 1. The number of rotatable bonds is 5. The molecule has 2 atom stereocenters. The van der Waals surface area contributed by atoms with Crippen LogP contribution in [0, 0.1) is 5.92 Å². The van der Waals surface area contributed by atoms with Gasteiger partial charge in [-0.25, -0.2) is 0 Å². The highest BCUT2D eigenvalue weighted by Gasteiger charge is 2.20. The lowest BCUT2D eigenvalue weighted by molar-refractivity contribution is 0.239. The molecule has 1 aliphatic carbocycles. The molecule has 1 fully saturated rings. The molecule has 18 heavy (non-hydrogen) atoms. The van der Waals surface area contributed by atoms with Gasteiger partial charge in [0.1, 0.15) is 5.75 Å². The van der Waals surface area contributed by atoms with E-state index < -0.39 is 0 Å². The number of hydrogen-bond acceptors (Lipinski definition) is 2. The molecule has 0 radical (unpaired) electrons. The van der Waals surface area contributed by atoms with Crippen LogP contribution in [0.15, 0.2) is 24.3 Å². The normalized spacial score (nSPS) is 23.6. The van der Waals surface area contributed by atoms with E-state index in [0.717, 1.165) is 18.2 Å². The zero-order valence-electron chi connectivity index (χ0n) is 11.8. The van der Waals surface area contributed by atoms with Gasteiger partial charge in [-0.15, -0.1) is 0 Å². The van der Waals surface area contributed by atoms with Crippen molar-refractivity contribution in [3.05, 3.63) is 29.8 Å². The van der Waals surface area contributed by atoms with Gasteiger partial charge in [0.2, 0.25) is 0 Å². The summed E-state index contributed by atoms with van der Waals surface area (Å²) < 4.78 is 5.84. The minimum absolute atomic E-state index is 0.234. The van der Waals surface area contributed by atoms with Crippen molar-refractivity contribution in [1.82, 2.24) is 5.32 Å². The van der Waals surface area contributed by atoms with Gasteiger partial charge in [0.25, 0.3) is 0 Å². The predicted octanol–water partition coefficient (Wildman–Crippen LogP) is 3.75. The Bertz CT molecular complexity index is 375. The van der Waals surface area contributed by atoms with E-state index >= 15 is 0 Å². The predicted molar refractivity (Wildman–Crippen MR) is 75.8 cm³/mol. The van der Waals surface area contributed by atoms with Gasteiger partial charge in [0.15, 0.2) is 0 Å². The summed E-state index contributed by atoms with van der Waals surface area (Å²) in [6.45, 7) is 7.41. The summed E-state index contributed by atoms with van der Waals surface area (Å²) in [5, 5.41) is 3.66. The quantitative estimate of drug-likeness (QED) is 0.855. The molecule has 100 valence electrons. The second kappa shape index (κ2) is 6.24. The Hall–Kier alpha value is -1.02. The van der Waals surface area contributed by atoms with Crippen LogP contribution in [0.25, 0.3) is 0 Å². The summed E-state index contributed by atoms with van der Waals surface area (Å²) in [4.78, 5) is 0. The SMILES string of the molecule is CC1CCC(NCc2ccccc2OC(C)C)C1. The van der Waals surface area contributed by atoms with E-state index in [1.807, 2.05) is 6.07 Å². The van der Waals surface area contributed by atoms with Crippen molar-refractivity contribution in [1.29, 1.82) is 0 Å². The molecule has 1 saturated carbocycles. The highest BCUT2D eigenvalue weighted by atomic mass is 16.5. The molecule has 1 aromatic carbocycles. The lowest BCUT2D eigenvalue weighted by Crippen LogP contribution is -2.26. The smallest absolute Gasteiger partial charge is 0.124 e. The van der Waals surface area contributed by atoms with Crippen LogP contribution < -0.4 is 10.1 Å². The molecule has 2 heteroatoms. The third-order valence-electron chi connectivity index (χ3n) is 3.61. The Kier molecular flexibility index (Phi) is 4.65. The van der Waals surface area contributed by atoms with Gasteiger partial charge in [0.05, 0.1) is 6.10 Å². The molecule has 0 amide bonds. The fourth-order valence-electron chi connectivity index (χ4n) is 2.67. The van der Waals surface area contributed by atoms with Crippen LogP contribution >= 0.6 is 0 Å². The van der Waals surface area contributed by atoms with Crippen LogP contribution in [0.2, 0.25) is 0 Å². The Morgan fingerprint density at radius 2 is 2.06 bits per heavy atom. The Labute approximate surface area is 111 Å². The molecule has 1 N–H and O–H groups in total. The first-order chi connectivity index (χ1) is 8.65. The van der Waals surface area contributed by atoms with Crippen molar-refractivity contribution in [3.8, 4) is 5.75 Å². The molecular formula is C16H25NO. The second-order valence-corrected chi connectivity index (χ2v) is 5.77. The van der Waals surface area contributed by atoms with E-state index in [1.165, 1.54) is 24.8 Å². The first kappa shape index (κ1) is 13.4. The van der Waals surface area contributed by atoms with Gasteiger partial charge in [-0.05, 0) is 45.1 Å². The van der Waals surface area contributed by atoms with Gasteiger partial charge < -0.3 is 10.1 Å². The number of benzene rings is 1. The minimum Gasteiger partial charge on any atom is -0.491 e. The largest absolute Gasteiger partial charge is 0.491 e. The zero-order valence-corrected chi connectivity index (χ0v) is 11.8. The molecule has 0 aliphatic heterocycles. The third-order valence-corrected chi connectivity index (χ3v) is 3.61. The molecule has 1 aromatic rings. The van der Waals surface area contributed by atoms with Crippen LogP contribution in [-0.2, 0) is 6.54 Å². The van der Waals surface area contributed by atoms with E-state index in [4.69, 9.17) is 4.74 Å². The van der Waals surface area contributed by atoms with E-state index in [1.54, 1.807) is 0 Å². The van der Waals surface area contributed by atoms with Crippen molar-refractivity contribution in [2.24, 2.45) is 5.92 Å². The molecular weight excluding hydrogens is 222 g/mol. The first-order valence-electron chi connectivity index (χ1n) is 7.13. The molecule has 2 rings (SSSR count). The molecule has 0 aromatic heterocycles. The standard InChI is InChI=1S/C16H25NO/c1-12(2)18-16-7-5-4-6-14(16)11-17-15-9-8-13(3)10-15/h4-7,12-13,15,17H,8-11H2,1-3H3. The van der Waals surface area contributed by atoms with Crippen LogP contribution in [-0.4, -0.2) is 12.1 Å². The molecule has 0 spiro atoms. The zero-order chi connectivity index (χ0) is 13.0. The van der Waals surface area contributed by atoms with E-state index in [0.29, 0.717) is 6.04 Å². The summed E-state index contributed by atoms with van der Waals surface area (Å²) >= 11 is 0. The van der Waals surface area contributed by atoms with E-state index in [2.05, 4.69) is 44.3 Å². The van der Waals surface area contributed by atoms with Crippen molar-refractivity contribution < 1.29 is 4.74 Å². The Morgan fingerprint density at radius 3 is 2.72 bits per heavy atom. The second-order valence-electron chi connectivity index (χ2n) is 5.77. The molecule has 2 nitrogen and oxygen atoms in total. The summed E-state index contributed by atoms with van der Waals surface area (Å²) in [5.74, 6) is 1.90. The summed E-state index contributed by atoms with van der Waals surface area (Å²) in [6.07, 6.45) is 4.22. The number of nitrogens with one attached hydrogen (secondary N) is 1. The van der Waals surface area contributed by atoms with Crippen molar-refractivity contribution in [2.75, 3.05) is 0 Å². The van der Waals surface area contributed by atoms with Gasteiger partial charge in [-0.2, -0.15) is 0 Å². The number of ether oxygens (including phenoxy) is 1. The van der Waals surface area contributed by atoms with Crippen LogP contribution in [0.3, 0.4) is 0 Å². The average Bonchev–Trinajstić information content (AvgIpc) is 2.73. The Morgan fingerprint density at radius 1 is 1.28 bits per heavy atom. The molecule has 0 bridgehead atoms. The first-order valence-corrected chi connectivity index (χ1v) is 7.13. The maximum Gasteiger partial charge on any atom is 0.124 e. The van der Waals surface area contributed by atoms with E-state index in [-0.39, 0.29) is 6.10 Å². The summed E-state index contributed by atoms with van der Waals surface area (Å²) in [7, 11) is 0. The van der Waals surface area contributed by atoms with Crippen LogP contribution in [0.1, 0.15) is 45.6 Å². The van der Waals surface area contributed by atoms with Gasteiger partial charge >= 0.3 is 0 Å². The topological polar surface area (TPSA) is 21.3 Å². The fraction of sp³-hybridized carbons (Fsp3) is 0.625.